The first kappa shape index (κ1) is 43.3. The summed E-state index contributed by atoms with van der Waals surface area (Å²) in [5.41, 5.74) is 7.47. The molecule has 0 radical (unpaired) electrons. The smallest absolute Gasteiger partial charge is 0.411 e. The number of imide groups is 2. The topological polar surface area (TPSA) is 233 Å². The molecule has 0 aliphatic carbocycles. The average molecular weight is 775 g/mol. The summed E-state index contributed by atoms with van der Waals surface area (Å²) in [4.78, 5) is 64.1. The Kier molecular flexibility index (Phi) is 14.7. The highest BCUT2D eigenvalue weighted by Crippen LogP contribution is 2.34. The predicted octanol–water partition coefficient (Wildman–Crippen LogP) is 5.72. The Hall–Kier alpha value is -5.42. The van der Waals surface area contributed by atoms with E-state index in [0.29, 0.717) is 17.3 Å². The SMILES string of the molecule is COC(C)C(NC(c1nc(-c2ccc(-c3ccc(-c4c[nH]c([C@H](N[C@H](C(=O)NC(=O)O)[C@@H](C)OC)C(C)C)n4)c(C)c3C)cc2)c[nH]1)C(C)C)C(=O)NC(=O)O. The molecule has 56 heavy (non-hydrogen) atoms. The maximum atomic E-state index is 12.7. The number of methoxy groups -OCH3 is 2. The van der Waals surface area contributed by atoms with Gasteiger partial charge in [-0.1, -0.05) is 64.1 Å². The highest BCUT2D eigenvalue weighted by molar-refractivity contribution is 5.95. The summed E-state index contributed by atoms with van der Waals surface area (Å²) in [5.74, 6) is -0.240. The number of rotatable bonds is 17. The third kappa shape index (κ3) is 10.3. The Morgan fingerprint density at radius 3 is 1.43 bits per heavy atom. The molecule has 0 bridgehead atoms. The van der Waals surface area contributed by atoms with E-state index in [2.05, 4.69) is 40.5 Å². The van der Waals surface area contributed by atoms with E-state index in [1.54, 1.807) is 20.0 Å². The second kappa shape index (κ2) is 18.9. The number of nitrogens with one attached hydrogen (secondary N) is 6. The first-order valence-corrected chi connectivity index (χ1v) is 18.4. The Labute approximate surface area is 326 Å². The van der Waals surface area contributed by atoms with Crippen molar-refractivity contribution in [3.8, 4) is 33.6 Å². The number of carboxylic acid groups (broad SMARTS) is 2. The molecule has 3 unspecified atom stereocenters. The van der Waals surface area contributed by atoms with Crippen LogP contribution in [0.4, 0.5) is 9.59 Å². The predicted molar refractivity (Wildman–Crippen MR) is 211 cm³/mol. The molecule has 0 aliphatic rings. The minimum atomic E-state index is -1.44. The molecule has 302 valence electrons. The van der Waals surface area contributed by atoms with Gasteiger partial charge in [0.2, 0.25) is 11.8 Å². The number of H-pyrrole nitrogens is 2. The van der Waals surface area contributed by atoms with Crippen molar-refractivity contribution in [1.29, 1.82) is 0 Å². The molecule has 2 aromatic heterocycles. The Morgan fingerprint density at radius 2 is 1.00 bits per heavy atom. The minimum Gasteiger partial charge on any atom is -0.465 e. The number of aromatic amines is 2. The van der Waals surface area contributed by atoms with E-state index in [1.165, 1.54) is 14.2 Å². The van der Waals surface area contributed by atoms with Crippen LogP contribution in [0.15, 0.2) is 48.8 Å². The molecule has 4 rings (SSSR count). The molecule has 16 heteroatoms. The molecule has 4 aromatic rings. The fraction of sp³-hybridized carbons (Fsp3) is 0.450. The number of hydrogen-bond donors (Lipinski definition) is 8. The average Bonchev–Trinajstić information content (AvgIpc) is 3.83. The molecule has 2 heterocycles. The van der Waals surface area contributed by atoms with E-state index >= 15 is 0 Å². The number of amides is 4. The number of carbonyl (C=O) groups is 4. The summed E-state index contributed by atoms with van der Waals surface area (Å²) in [7, 11) is 2.92. The monoisotopic (exact) mass is 774 g/mol. The van der Waals surface area contributed by atoms with Gasteiger partial charge in [-0.3, -0.25) is 30.9 Å². The van der Waals surface area contributed by atoms with Gasteiger partial charge in [-0.05, 0) is 61.8 Å². The van der Waals surface area contributed by atoms with E-state index in [0.717, 1.165) is 39.1 Å². The van der Waals surface area contributed by atoms with Gasteiger partial charge in [0.05, 0.1) is 35.7 Å². The molecule has 0 saturated heterocycles. The minimum absolute atomic E-state index is 0.00755. The van der Waals surface area contributed by atoms with Gasteiger partial charge in [0.1, 0.15) is 23.7 Å². The molecule has 0 fully saturated rings. The van der Waals surface area contributed by atoms with Gasteiger partial charge < -0.3 is 29.7 Å². The molecule has 0 saturated carbocycles. The molecular formula is C40H54N8O8. The van der Waals surface area contributed by atoms with E-state index in [-0.39, 0.29) is 11.8 Å². The van der Waals surface area contributed by atoms with Gasteiger partial charge >= 0.3 is 12.2 Å². The summed E-state index contributed by atoms with van der Waals surface area (Å²) in [5, 5.41) is 28.6. The van der Waals surface area contributed by atoms with Crippen LogP contribution in [0.25, 0.3) is 33.6 Å². The van der Waals surface area contributed by atoms with Crippen molar-refractivity contribution in [2.45, 2.75) is 91.8 Å². The lowest BCUT2D eigenvalue weighted by Gasteiger charge is -2.29. The lowest BCUT2D eigenvalue weighted by atomic mass is 9.92. The van der Waals surface area contributed by atoms with E-state index in [9.17, 15) is 19.2 Å². The molecule has 2 aromatic carbocycles. The summed E-state index contributed by atoms with van der Waals surface area (Å²) in [6.07, 6.45) is -0.466. The van der Waals surface area contributed by atoms with Crippen LogP contribution in [0.2, 0.25) is 0 Å². The quantitative estimate of drug-likeness (QED) is 0.0644. The van der Waals surface area contributed by atoms with E-state index in [4.69, 9.17) is 29.7 Å². The fourth-order valence-corrected chi connectivity index (χ4v) is 6.56. The van der Waals surface area contributed by atoms with Crippen molar-refractivity contribution < 1.29 is 38.9 Å². The molecular weight excluding hydrogens is 720 g/mol. The molecule has 6 atom stereocenters. The number of carbonyl (C=O) groups excluding carboxylic acids is 2. The van der Waals surface area contributed by atoms with Crippen LogP contribution in [0.5, 0.6) is 0 Å². The van der Waals surface area contributed by atoms with Gasteiger partial charge in [0.15, 0.2) is 0 Å². The molecule has 0 aliphatic heterocycles. The lowest BCUT2D eigenvalue weighted by Crippen LogP contribution is -2.53. The van der Waals surface area contributed by atoms with Crippen LogP contribution in [0, 0.1) is 25.7 Å². The normalized spacial score (nSPS) is 14.9. The van der Waals surface area contributed by atoms with Crippen molar-refractivity contribution in [1.82, 2.24) is 41.2 Å². The van der Waals surface area contributed by atoms with Gasteiger partial charge in [-0.2, -0.15) is 0 Å². The van der Waals surface area contributed by atoms with E-state index in [1.807, 2.05) is 74.9 Å². The summed E-state index contributed by atoms with van der Waals surface area (Å²) >= 11 is 0. The first-order chi connectivity index (χ1) is 26.5. The van der Waals surface area contributed by atoms with Gasteiger partial charge in [0, 0.05) is 37.7 Å². The number of aromatic nitrogens is 4. The molecule has 0 spiro atoms. The zero-order valence-electron chi connectivity index (χ0n) is 33.5. The number of hydrogen-bond acceptors (Lipinski definition) is 10. The standard InChI is InChI=1S/C40H54N8O8/c1-19(2)31(45-33(23(7)55-9)37(49)47-39(51)52)35-41-17-29(43-35)26-13-11-25(12-14-26)27-15-16-28(22(6)21(27)5)30-18-42-36(44-30)32(20(3)4)46-34(24(8)56-10)38(50)48-40(53)54/h11-20,23-24,31-34,45-46H,1-10H3,(H,41,43)(H,42,44)(H,47,49)(H,48,50)(H,51,52)(H,53,54)/t23?,24-,31?,32-,33?,34+/m1/s1. The van der Waals surface area contributed by atoms with Crippen molar-refractivity contribution in [2.75, 3.05) is 14.2 Å². The van der Waals surface area contributed by atoms with Crippen LogP contribution in [-0.2, 0) is 19.1 Å². The Balaban J connectivity index is 1.55. The van der Waals surface area contributed by atoms with Crippen molar-refractivity contribution >= 4 is 24.0 Å². The number of benzene rings is 2. The number of ether oxygens (including phenoxy) is 2. The van der Waals surface area contributed by atoms with Gasteiger partial charge in [-0.15, -0.1) is 0 Å². The highest BCUT2D eigenvalue weighted by Gasteiger charge is 2.33. The van der Waals surface area contributed by atoms with Gasteiger partial charge in [-0.25, -0.2) is 19.6 Å². The lowest BCUT2D eigenvalue weighted by molar-refractivity contribution is -0.126. The van der Waals surface area contributed by atoms with Crippen LogP contribution in [0.3, 0.4) is 0 Å². The second-order valence-corrected chi connectivity index (χ2v) is 14.5. The maximum absolute atomic E-state index is 12.7. The van der Waals surface area contributed by atoms with Crippen LogP contribution < -0.4 is 21.3 Å². The molecule has 4 amide bonds. The zero-order valence-corrected chi connectivity index (χ0v) is 33.5. The Morgan fingerprint density at radius 1 is 0.607 bits per heavy atom. The van der Waals surface area contributed by atoms with E-state index < -0.39 is 60.4 Å². The maximum Gasteiger partial charge on any atom is 0.411 e. The van der Waals surface area contributed by atoms with Crippen LogP contribution in [0.1, 0.15) is 76.4 Å². The first-order valence-electron chi connectivity index (χ1n) is 18.4. The largest absolute Gasteiger partial charge is 0.465 e. The summed E-state index contributed by atoms with van der Waals surface area (Å²) in [6.45, 7) is 15.4. The third-order valence-electron chi connectivity index (χ3n) is 10.1. The molecule has 16 nitrogen and oxygen atoms in total. The summed E-state index contributed by atoms with van der Waals surface area (Å²) < 4.78 is 10.8. The molecule has 8 N–H and O–H groups in total. The van der Waals surface area contributed by atoms with Crippen LogP contribution >= 0.6 is 0 Å². The van der Waals surface area contributed by atoms with Crippen molar-refractivity contribution in [2.24, 2.45) is 11.8 Å². The third-order valence-corrected chi connectivity index (χ3v) is 10.1. The number of nitrogens with zero attached hydrogens (tertiary/aromatic N) is 2. The Bertz CT molecular complexity index is 1990. The number of imidazole rings is 2. The van der Waals surface area contributed by atoms with Crippen molar-refractivity contribution in [3.63, 3.8) is 0 Å². The fourth-order valence-electron chi connectivity index (χ4n) is 6.56. The highest BCUT2D eigenvalue weighted by atomic mass is 16.5. The van der Waals surface area contributed by atoms with Crippen molar-refractivity contribution in [3.05, 3.63) is 71.6 Å². The van der Waals surface area contributed by atoms with Gasteiger partial charge in [0.25, 0.3) is 0 Å². The summed E-state index contributed by atoms with van der Waals surface area (Å²) in [6, 6.07) is 9.47. The van der Waals surface area contributed by atoms with Crippen LogP contribution in [-0.4, -0.2) is 92.7 Å². The second-order valence-electron chi connectivity index (χ2n) is 14.5. The zero-order chi connectivity index (χ0) is 41.4.